The van der Waals surface area contributed by atoms with E-state index >= 15 is 0 Å². The first-order valence-corrected chi connectivity index (χ1v) is 9.26. The molecule has 0 aliphatic rings. The van der Waals surface area contributed by atoms with E-state index < -0.39 is 0 Å². The first kappa shape index (κ1) is 21.6. The fourth-order valence-electron chi connectivity index (χ4n) is 2.49. The fraction of sp³-hybridized carbons (Fsp3) is 0.182. The van der Waals surface area contributed by atoms with E-state index in [-0.39, 0.29) is 11.6 Å². The Bertz CT molecular complexity index is 951. The van der Waals surface area contributed by atoms with Gasteiger partial charge in [-0.1, -0.05) is 31.1 Å². The molecule has 0 fully saturated rings. The minimum atomic E-state index is -0.338. The van der Waals surface area contributed by atoms with E-state index in [0.717, 1.165) is 5.69 Å². The molecule has 0 saturated heterocycles. The van der Waals surface area contributed by atoms with Gasteiger partial charge in [-0.3, -0.25) is 14.7 Å². The average molecular weight is 391 g/mol. The molecule has 1 aromatic carbocycles. The number of rotatable bonds is 7. The zero-order valence-corrected chi connectivity index (χ0v) is 16.6. The van der Waals surface area contributed by atoms with Crippen LogP contribution in [0.15, 0.2) is 66.9 Å². The second-order valence-electron chi connectivity index (χ2n) is 6.38. The molecule has 2 heterocycles. The fourth-order valence-corrected chi connectivity index (χ4v) is 2.49. The molecule has 0 spiro atoms. The smallest absolute Gasteiger partial charge is 0.274 e. The SMILES string of the molecule is C=C(C)CCC.O=CNc1cccc(NC(=O)c2cccc(-c3ccn[nH]3)n2)c1. The van der Waals surface area contributed by atoms with Crippen molar-refractivity contribution in [3.05, 3.63) is 72.6 Å². The quantitative estimate of drug-likeness (QED) is 0.403. The van der Waals surface area contributed by atoms with Gasteiger partial charge in [-0.25, -0.2) is 4.98 Å². The van der Waals surface area contributed by atoms with Crippen molar-refractivity contribution in [1.29, 1.82) is 0 Å². The Kier molecular flexibility index (Phi) is 8.31. The zero-order valence-electron chi connectivity index (χ0n) is 16.6. The van der Waals surface area contributed by atoms with Gasteiger partial charge in [-0.2, -0.15) is 5.10 Å². The summed E-state index contributed by atoms with van der Waals surface area (Å²) in [4.78, 5) is 27.1. The van der Waals surface area contributed by atoms with Crippen LogP contribution in [0.4, 0.5) is 11.4 Å². The second-order valence-corrected chi connectivity index (χ2v) is 6.38. The Morgan fingerprint density at radius 2 is 1.93 bits per heavy atom. The summed E-state index contributed by atoms with van der Waals surface area (Å²) >= 11 is 0. The molecular weight excluding hydrogens is 366 g/mol. The van der Waals surface area contributed by atoms with Gasteiger partial charge in [0.2, 0.25) is 6.41 Å². The first-order valence-electron chi connectivity index (χ1n) is 9.26. The summed E-state index contributed by atoms with van der Waals surface area (Å²) < 4.78 is 0. The van der Waals surface area contributed by atoms with E-state index in [1.807, 2.05) is 0 Å². The lowest BCUT2D eigenvalue weighted by atomic mass is 10.2. The number of anilines is 2. The predicted octanol–water partition coefficient (Wildman–Crippen LogP) is 4.65. The van der Waals surface area contributed by atoms with Gasteiger partial charge in [0.25, 0.3) is 5.91 Å². The third-order valence-electron chi connectivity index (χ3n) is 3.78. The summed E-state index contributed by atoms with van der Waals surface area (Å²) in [5.74, 6) is -0.338. The Hall–Kier alpha value is -3.74. The third-order valence-corrected chi connectivity index (χ3v) is 3.78. The van der Waals surface area contributed by atoms with Gasteiger partial charge in [0.05, 0.1) is 11.4 Å². The number of pyridine rings is 1. The maximum absolute atomic E-state index is 12.3. The standard InChI is InChI=1S/C16H13N5O2.C6H12/c22-10-17-11-3-1-4-12(9-11)19-16(23)15-6-2-5-13(20-15)14-7-8-18-21-14;1-4-5-6(2)3/h1-10H,(H,17,22)(H,18,21)(H,19,23);2,4-5H2,1,3H3. The lowest BCUT2D eigenvalue weighted by Crippen LogP contribution is -2.14. The van der Waals surface area contributed by atoms with Gasteiger partial charge in [-0.15, -0.1) is 6.58 Å². The van der Waals surface area contributed by atoms with E-state index in [9.17, 15) is 9.59 Å². The molecule has 0 radical (unpaired) electrons. The number of hydrogen-bond donors (Lipinski definition) is 3. The van der Waals surface area contributed by atoms with E-state index in [0.29, 0.717) is 23.5 Å². The summed E-state index contributed by atoms with van der Waals surface area (Å²) in [6.45, 7) is 7.97. The minimum absolute atomic E-state index is 0.283. The van der Waals surface area contributed by atoms with Crippen molar-refractivity contribution in [2.45, 2.75) is 26.7 Å². The molecule has 0 unspecified atom stereocenters. The molecule has 0 atom stereocenters. The largest absolute Gasteiger partial charge is 0.329 e. The summed E-state index contributed by atoms with van der Waals surface area (Å²) in [5, 5.41) is 11.9. The van der Waals surface area contributed by atoms with E-state index in [4.69, 9.17) is 0 Å². The number of carbonyl (C=O) groups is 2. The van der Waals surface area contributed by atoms with Crippen molar-refractivity contribution in [3.8, 4) is 11.4 Å². The first-order chi connectivity index (χ1) is 14.0. The minimum Gasteiger partial charge on any atom is -0.329 e. The maximum atomic E-state index is 12.3. The third kappa shape index (κ3) is 7.06. The highest BCUT2D eigenvalue weighted by Gasteiger charge is 2.10. The highest BCUT2D eigenvalue weighted by atomic mass is 16.2. The molecule has 3 aromatic rings. The molecule has 2 aromatic heterocycles. The van der Waals surface area contributed by atoms with Crippen molar-refractivity contribution in [2.24, 2.45) is 0 Å². The van der Waals surface area contributed by atoms with Crippen LogP contribution in [0.1, 0.15) is 37.2 Å². The van der Waals surface area contributed by atoms with Crippen molar-refractivity contribution in [1.82, 2.24) is 15.2 Å². The number of benzene rings is 1. The molecule has 0 aliphatic carbocycles. The van der Waals surface area contributed by atoms with Crippen LogP contribution in [0.3, 0.4) is 0 Å². The van der Waals surface area contributed by atoms with Gasteiger partial charge >= 0.3 is 0 Å². The summed E-state index contributed by atoms with van der Waals surface area (Å²) in [6.07, 6.45) is 4.61. The molecule has 0 bridgehead atoms. The molecule has 150 valence electrons. The Morgan fingerprint density at radius 1 is 1.17 bits per heavy atom. The Morgan fingerprint density at radius 3 is 2.55 bits per heavy atom. The van der Waals surface area contributed by atoms with Crippen LogP contribution in [-0.4, -0.2) is 27.5 Å². The number of nitrogens with one attached hydrogen (secondary N) is 3. The highest BCUT2D eigenvalue weighted by molar-refractivity contribution is 6.03. The monoisotopic (exact) mass is 391 g/mol. The number of hydrogen-bond acceptors (Lipinski definition) is 4. The number of allylic oxidation sites excluding steroid dienone is 1. The lowest BCUT2D eigenvalue weighted by Gasteiger charge is -2.07. The number of amides is 2. The Balaban J connectivity index is 0.000000438. The van der Waals surface area contributed by atoms with Crippen LogP contribution in [0, 0.1) is 0 Å². The molecule has 29 heavy (non-hydrogen) atoms. The van der Waals surface area contributed by atoms with Gasteiger partial charge in [0.15, 0.2) is 0 Å². The van der Waals surface area contributed by atoms with Gasteiger partial charge in [0, 0.05) is 17.6 Å². The van der Waals surface area contributed by atoms with Crippen LogP contribution in [-0.2, 0) is 4.79 Å². The Labute approximate surface area is 170 Å². The highest BCUT2D eigenvalue weighted by Crippen LogP contribution is 2.17. The van der Waals surface area contributed by atoms with Crippen molar-refractivity contribution in [2.75, 3.05) is 10.6 Å². The topological polar surface area (TPSA) is 99.8 Å². The van der Waals surface area contributed by atoms with Gasteiger partial charge < -0.3 is 10.6 Å². The van der Waals surface area contributed by atoms with E-state index in [1.165, 1.54) is 18.4 Å². The van der Waals surface area contributed by atoms with Crippen LogP contribution >= 0.6 is 0 Å². The molecule has 0 saturated carbocycles. The van der Waals surface area contributed by atoms with Gasteiger partial charge in [-0.05, 0) is 49.7 Å². The van der Waals surface area contributed by atoms with Crippen molar-refractivity contribution < 1.29 is 9.59 Å². The molecule has 7 heteroatoms. The van der Waals surface area contributed by atoms with Crippen molar-refractivity contribution >= 4 is 23.7 Å². The van der Waals surface area contributed by atoms with E-state index in [1.54, 1.807) is 54.7 Å². The van der Waals surface area contributed by atoms with Crippen molar-refractivity contribution in [3.63, 3.8) is 0 Å². The molecule has 2 amide bonds. The number of nitrogens with zero attached hydrogens (tertiary/aromatic N) is 2. The lowest BCUT2D eigenvalue weighted by molar-refractivity contribution is -0.105. The molecule has 7 nitrogen and oxygen atoms in total. The summed E-state index contributed by atoms with van der Waals surface area (Å²) in [7, 11) is 0. The van der Waals surface area contributed by atoms with E-state index in [2.05, 4.69) is 46.2 Å². The second kappa shape index (κ2) is 11.2. The number of carbonyl (C=O) groups excluding carboxylic acids is 2. The molecule has 3 rings (SSSR count). The molecule has 3 N–H and O–H groups in total. The van der Waals surface area contributed by atoms with Crippen LogP contribution < -0.4 is 10.6 Å². The molecule has 0 aliphatic heterocycles. The van der Waals surface area contributed by atoms with Crippen LogP contribution in [0.5, 0.6) is 0 Å². The number of H-pyrrole nitrogens is 1. The average Bonchev–Trinajstić information content (AvgIpc) is 3.24. The zero-order chi connectivity index (χ0) is 21.1. The summed E-state index contributed by atoms with van der Waals surface area (Å²) in [5.41, 5.74) is 4.10. The number of aromatic amines is 1. The van der Waals surface area contributed by atoms with Gasteiger partial charge in [0.1, 0.15) is 5.69 Å². The normalized spacial score (nSPS) is 9.72. The molecular formula is C22H25N5O2. The maximum Gasteiger partial charge on any atom is 0.274 e. The van der Waals surface area contributed by atoms with Crippen LogP contribution in [0.25, 0.3) is 11.4 Å². The number of aromatic nitrogens is 3. The van der Waals surface area contributed by atoms with Crippen LogP contribution in [0.2, 0.25) is 0 Å². The predicted molar refractivity (Wildman–Crippen MR) is 116 cm³/mol. The summed E-state index contributed by atoms with van der Waals surface area (Å²) in [6, 6.07) is 13.8.